The average molecular weight is 461 g/mol. The molecule has 1 aromatic heterocycles. The molecule has 0 aliphatic rings. The minimum Gasteiger partial charge on any atom is -0.493 e. The van der Waals surface area contributed by atoms with Crippen LogP contribution in [0.1, 0.15) is 12.5 Å². The largest absolute Gasteiger partial charge is 0.493 e. The van der Waals surface area contributed by atoms with Crippen molar-refractivity contribution in [1.29, 1.82) is 0 Å². The summed E-state index contributed by atoms with van der Waals surface area (Å²) >= 11 is 7.48. The van der Waals surface area contributed by atoms with Crippen molar-refractivity contribution in [3.8, 4) is 22.9 Å². The third-order valence-electron chi connectivity index (χ3n) is 4.76. The van der Waals surface area contributed by atoms with Gasteiger partial charge in [-0.1, -0.05) is 47.6 Å². The molecule has 0 spiro atoms. The Morgan fingerprint density at radius 2 is 1.94 bits per heavy atom. The lowest BCUT2D eigenvalue weighted by Gasteiger charge is -2.19. The first kappa shape index (κ1) is 23.0. The molecule has 9 heteroatoms. The Labute approximate surface area is 191 Å². The van der Waals surface area contributed by atoms with Crippen molar-refractivity contribution in [2.75, 3.05) is 27.0 Å². The first-order chi connectivity index (χ1) is 15.0. The van der Waals surface area contributed by atoms with Crippen LogP contribution < -0.4 is 9.47 Å². The van der Waals surface area contributed by atoms with Gasteiger partial charge in [0.25, 0.3) is 0 Å². The van der Waals surface area contributed by atoms with Crippen molar-refractivity contribution in [2.24, 2.45) is 0 Å². The van der Waals surface area contributed by atoms with Crippen LogP contribution in [-0.2, 0) is 17.9 Å². The lowest BCUT2D eigenvalue weighted by Crippen LogP contribution is -2.28. The number of ether oxygens (including phenoxy) is 2. The zero-order chi connectivity index (χ0) is 22.4. The van der Waals surface area contributed by atoms with Gasteiger partial charge in [0.05, 0.1) is 20.0 Å². The van der Waals surface area contributed by atoms with Gasteiger partial charge in [0.15, 0.2) is 22.5 Å². The van der Waals surface area contributed by atoms with E-state index in [9.17, 15) is 4.79 Å². The number of benzene rings is 2. The van der Waals surface area contributed by atoms with Crippen LogP contribution in [0.25, 0.3) is 11.4 Å². The van der Waals surface area contributed by atoms with E-state index in [0.717, 1.165) is 17.0 Å². The number of hydrogen-bond donors (Lipinski definition) is 0. The summed E-state index contributed by atoms with van der Waals surface area (Å²) in [6.07, 6.45) is 0. The molecule has 0 saturated carbocycles. The predicted molar refractivity (Wildman–Crippen MR) is 123 cm³/mol. The van der Waals surface area contributed by atoms with Crippen LogP contribution in [-0.4, -0.2) is 52.6 Å². The fourth-order valence-electron chi connectivity index (χ4n) is 3.18. The van der Waals surface area contributed by atoms with Crippen LogP contribution in [0.4, 0.5) is 0 Å². The highest BCUT2D eigenvalue weighted by molar-refractivity contribution is 7.99. The van der Waals surface area contributed by atoms with Crippen LogP contribution >= 0.6 is 23.4 Å². The fourth-order valence-corrected chi connectivity index (χ4v) is 4.31. The van der Waals surface area contributed by atoms with Crippen LogP contribution in [0.3, 0.4) is 0 Å². The Bertz CT molecular complexity index is 1060. The molecule has 0 aliphatic carbocycles. The quantitative estimate of drug-likeness (QED) is 0.441. The molecular formula is C22H25ClN4O3S. The summed E-state index contributed by atoms with van der Waals surface area (Å²) in [6, 6.07) is 13.1. The topological polar surface area (TPSA) is 69.5 Å². The van der Waals surface area contributed by atoms with Crippen LogP contribution in [0.15, 0.2) is 47.6 Å². The number of aromatic nitrogens is 3. The molecule has 1 amide bonds. The van der Waals surface area contributed by atoms with Crippen molar-refractivity contribution >= 4 is 29.3 Å². The molecule has 2 aromatic carbocycles. The van der Waals surface area contributed by atoms with Crippen molar-refractivity contribution in [1.82, 2.24) is 19.7 Å². The number of hydrogen-bond acceptors (Lipinski definition) is 6. The maximum atomic E-state index is 12.8. The molecule has 0 radical (unpaired) electrons. The van der Waals surface area contributed by atoms with Crippen LogP contribution in [0.5, 0.6) is 11.5 Å². The third-order valence-corrected chi connectivity index (χ3v) is 5.95. The SMILES string of the molecule is CCn1c(SCC(=O)N(C)Cc2cccc(OC)c2OC)nnc1-c1cccc(Cl)c1. The highest BCUT2D eigenvalue weighted by Gasteiger charge is 2.18. The summed E-state index contributed by atoms with van der Waals surface area (Å²) in [6.45, 7) is 3.11. The van der Waals surface area contributed by atoms with E-state index >= 15 is 0 Å². The van der Waals surface area contributed by atoms with Crippen LogP contribution in [0, 0.1) is 0 Å². The monoisotopic (exact) mass is 460 g/mol. The van der Waals surface area contributed by atoms with Crippen LogP contribution in [0.2, 0.25) is 5.02 Å². The summed E-state index contributed by atoms with van der Waals surface area (Å²) in [5.74, 6) is 2.23. The number of para-hydroxylation sites is 1. The molecule has 0 unspecified atom stereocenters. The van der Waals surface area contributed by atoms with Crippen molar-refractivity contribution in [3.63, 3.8) is 0 Å². The number of carbonyl (C=O) groups excluding carboxylic acids is 1. The Morgan fingerprint density at radius 3 is 2.61 bits per heavy atom. The summed E-state index contributed by atoms with van der Waals surface area (Å²) in [5, 5.41) is 9.93. The Morgan fingerprint density at radius 1 is 1.16 bits per heavy atom. The second-order valence-corrected chi connectivity index (χ2v) is 8.13. The highest BCUT2D eigenvalue weighted by atomic mass is 35.5. The van der Waals surface area contributed by atoms with Gasteiger partial charge in [-0.25, -0.2) is 0 Å². The molecule has 7 nitrogen and oxygen atoms in total. The zero-order valence-corrected chi connectivity index (χ0v) is 19.5. The number of halogens is 1. The molecule has 1 heterocycles. The van der Waals surface area contributed by atoms with E-state index in [4.69, 9.17) is 21.1 Å². The minimum atomic E-state index is -0.0233. The normalized spacial score (nSPS) is 10.7. The Balaban J connectivity index is 1.68. The second kappa shape index (κ2) is 10.5. The number of rotatable bonds is 9. The Hall–Kier alpha value is -2.71. The van der Waals surface area contributed by atoms with E-state index in [1.165, 1.54) is 11.8 Å². The maximum absolute atomic E-state index is 12.8. The van der Waals surface area contributed by atoms with Gasteiger partial charge < -0.3 is 18.9 Å². The summed E-state index contributed by atoms with van der Waals surface area (Å²) < 4.78 is 12.8. The van der Waals surface area contributed by atoms with E-state index in [2.05, 4.69) is 10.2 Å². The molecule has 0 saturated heterocycles. The molecule has 0 fully saturated rings. The molecule has 3 aromatic rings. The first-order valence-corrected chi connectivity index (χ1v) is 11.1. The van der Waals surface area contributed by atoms with E-state index in [0.29, 0.717) is 34.8 Å². The fraction of sp³-hybridized carbons (Fsp3) is 0.318. The van der Waals surface area contributed by atoms with Gasteiger partial charge >= 0.3 is 0 Å². The van der Waals surface area contributed by atoms with Gasteiger partial charge in [-0.3, -0.25) is 4.79 Å². The van der Waals surface area contributed by atoms with E-state index in [1.807, 2.05) is 54.0 Å². The molecule has 0 bridgehead atoms. The smallest absolute Gasteiger partial charge is 0.233 e. The number of amides is 1. The molecule has 3 rings (SSSR count). The first-order valence-electron chi connectivity index (χ1n) is 9.74. The summed E-state index contributed by atoms with van der Waals surface area (Å²) in [4.78, 5) is 14.4. The van der Waals surface area contributed by atoms with Gasteiger partial charge in [0.1, 0.15) is 0 Å². The lowest BCUT2D eigenvalue weighted by atomic mass is 10.1. The number of methoxy groups -OCH3 is 2. The van der Waals surface area contributed by atoms with Gasteiger partial charge in [-0.15, -0.1) is 10.2 Å². The molecule has 0 aliphatic heterocycles. The highest BCUT2D eigenvalue weighted by Crippen LogP contribution is 2.31. The molecule has 0 N–H and O–H groups in total. The van der Waals surface area contributed by atoms with Crippen molar-refractivity contribution < 1.29 is 14.3 Å². The Kier molecular flexibility index (Phi) is 7.81. The summed E-state index contributed by atoms with van der Waals surface area (Å²) in [7, 11) is 4.95. The van der Waals surface area contributed by atoms with E-state index in [1.54, 1.807) is 26.2 Å². The van der Waals surface area contributed by atoms with Gasteiger partial charge in [0, 0.05) is 36.3 Å². The molecule has 0 atom stereocenters. The predicted octanol–water partition coefficient (Wildman–Crippen LogP) is 4.39. The van der Waals surface area contributed by atoms with Crippen molar-refractivity contribution in [3.05, 3.63) is 53.1 Å². The number of carbonyl (C=O) groups is 1. The number of nitrogens with zero attached hydrogens (tertiary/aromatic N) is 4. The third kappa shape index (κ3) is 5.32. The maximum Gasteiger partial charge on any atom is 0.233 e. The van der Waals surface area contributed by atoms with Crippen molar-refractivity contribution in [2.45, 2.75) is 25.2 Å². The average Bonchev–Trinajstić information content (AvgIpc) is 3.20. The summed E-state index contributed by atoms with van der Waals surface area (Å²) in [5.41, 5.74) is 1.77. The van der Waals surface area contributed by atoms with E-state index in [-0.39, 0.29) is 11.7 Å². The minimum absolute atomic E-state index is 0.0233. The lowest BCUT2D eigenvalue weighted by molar-refractivity contribution is -0.127. The zero-order valence-electron chi connectivity index (χ0n) is 18.0. The molecular weight excluding hydrogens is 436 g/mol. The van der Waals surface area contributed by atoms with E-state index < -0.39 is 0 Å². The van der Waals surface area contributed by atoms with Gasteiger partial charge in [0.2, 0.25) is 5.91 Å². The second-order valence-electron chi connectivity index (χ2n) is 6.75. The van der Waals surface area contributed by atoms with Gasteiger partial charge in [-0.05, 0) is 25.1 Å². The number of thioether (sulfide) groups is 1. The van der Waals surface area contributed by atoms with Gasteiger partial charge in [-0.2, -0.15) is 0 Å². The molecule has 31 heavy (non-hydrogen) atoms. The standard InChI is InChI=1S/C22H25ClN4O3S/c1-5-27-21(15-8-6-10-17(23)12-15)24-25-22(27)31-14-19(28)26(2)13-16-9-7-11-18(29-3)20(16)30-4/h6-12H,5,13-14H2,1-4H3. The molecule has 164 valence electrons.